The van der Waals surface area contributed by atoms with E-state index in [0.717, 1.165) is 76.2 Å². The Kier molecular flexibility index (Phi) is 7.27. The van der Waals surface area contributed by atoms with Crippen LogP contribution in [-0.2, 0) is 4.79 Å². The van der Waals surface area contributed by atoms with E-state index >= 15 is 0 Å². The predicted octanol–water partition coefficient (Wildman–Crippen LogP) is 3.07. The largest absolute Gasteiger partial charge is 0.379 e. The first kappa shape index (κ1) is 25.5. The number of hydrogen-bond donors (Lipinski definition) is 5. The maximum atomic E-state index is 14.1. The Bertz CT molecular complexity index is 1340. The van der Waals surface area contributed by atoms with Crippen molar-refractivity contribution in [2.24, 2.45) is 0 Å². The van der Waals surface area contributed by atoms with Crippen LogP contribution in [0.25, 0.3) is 5.65 Å². The summed E-state index contributed by atoms with van der Waals surface area (Å²) < 4.78 is 15.6. The average molecular weight is 536 g/mol. The van der Waals surface area contributed by atoms with Crippen LogP contribution < -0.4 is 26.6 Å². The van der Waals surface area contributed by atoms with Crippen LogP contribution in [0.3, 0.4) is 0 Å². The van der Waals surface area contributed by atoms with Crippen molar-refractivity contribution in [1.29, 1.82) is 0 Å². The number of anilines is 3. The number of nitrogens with zero attached hydrogens (tertiary/aromatic N) is 4. The lowest BCUT2D eigenvalue weighted by atomic mass is 9.90. The molecule has 2 amide bonds. The molecule has 12 heteroatoms. The summed E-state index contributed by atoms with van der Waals surface area (Å²) in [6.07, 6.45) is 12.8. The number of pyridine rings is 1. The SMILES string of the molecule is O=C(Nc1ccncc1F)c1cnc2c(NC3CC3)cc(NC3CCC(NC(=O)[C@H]4CCCCN4)CC3)nn12. The van der Waals surface area contributed by atoms with E-state index < -0.39 is 11.7 Å². The Morgan fingerprint density at radius 3 is 2.46 bits per heavy atom. The summed E-state index contributed by atoms with van der Waals surface area (Å²) in [5.74, 6) is -0.385. The first-order chi connectivity index (χ1) is 19.0. The number of piperidine rings is 1. The van der Waals surface area contributed by atoms with Gasteiger partial charge in [-0.2, -0.15) is 0 Å². The topological polar surface area (TPSA) is 137 Å². The molecule has 3 fully saturated rings. The molecule has 3 aromatic rings. The summed E-state index contributed by atoms with van der Waals surface area (Å²) in [4.78, 5) is 33.8. The van der Waals surface area contributed by atoms with Crippen molar-refractivity contribution in [3.05, 3.63) is 42.2 Å². The van der Waals surface area contributed by atoms with Crippen molar-refractivity contribution in [2.45, 2.75) is 82.0 Å². The van der Waals surface area contributed by atoms with Gasteiger partial charge in [-0.05, 0) is 64.0 Å². The third-order valence-corrected chi connectivity index (χ3v) is 7.71. The standard InChI is InChI=1S/C27H34FN9O2/c28-19-14-29-12-10-20(19)35-27(39)23-15-31-25-22(32-16-4-5-16)13-24(36-37(23)25)33-17-6-8-18(9-7-17)34-26(38)21-3-1-2-11-30-21/h10,12-18,21,30,32H,1-9,11H2,(H,33,36)(H,34,38)(H,29,35,39)/t17?,18?,21-/m1/s1. The highest BCUT2D eigenvalue weighted by atomic mass is 19.1. The Morgan fingerprint density at radius 2 is 1.72 bits per heavy atom. The summed E-state index contributed by atoms with van der Waals surface area (Å²) in [5.41, 5.74) is 1.57. The van der Waals surface area contributed by atoms with Crippen LogP contribution in [0.15, 0.2) is 30.7 Å². The number of carbonyl (C=O) groups excluding carboxylic acids is 2. The second-order valence-corrected chi connectivity index (χ2v) is 10.8. The van der Waals surface area contributed by atoms with E-state index in [-0.39, 0.29) is 35.4 Å². The van der Waals surface area contributed by atoms with Crippen LogP contribution in [0.2, 0.25) is 0 Å². The molecule has 5 N–H and O–H groups in total. The van der Waals surface area contributed by atoms with Gasteiger partial charge >= 0.3 is 0 Å². The summed E-state index contributed by atoms with van der Waals surface area (Å²) in [6.45, 7) is 0.907. The molecule has 39 heavy (non-hydrogen) atoms. The fourth-order valence-corrected chi connectivity index (χ4v) is 5.38. The Morgan fingerprint density at radius 1 is 0.949 bits per heavy atom. The van der Waals surface area contributed by atoms with Crippen molar-refractivity contribution in [1.82, 2.24) is 30.2 Å². The molecule has 0 aromatic carbocycles. The van der Waals surface area contributed by atoms with Gasteiger partial charge < -0.3 is 26.6 Å². The lowest BCUT2D eigenvalue weighted by Crippen LogP contribution is -2.50. The van der Waals surface area contributed by atoms with Crippen molar-refractivity contribution >= 4 is 34.7 Å². The van der Waals surface area contributed by atoms with E-state index in [4.69, 9.17) is 0 Å². The van der Waals surface area contributed by atoms with Gasteiger partial charge in [0, 0.05) is 30.4 Å². The lowest BCUT2D eigenvalue weighted by Gasteiger charge is -2.32. The summed E-state index contributed by atoms with van der Waals surface area (Å²) in [7, 11) is 0. The molecule has 1 atom stereocenters. The number of carbonyl (C=O) groups is 2. The van der Waals surface area contributed by atoms with Crippen molar-refractivity contribution in [2.75, 3.05) is 22.5 Å². The molecule has 1 aliphatic heterocycles. The number of imidazole rings is 1. The minimum absolute atomic E-state index is 0.0404. The van der Waals surface area contributed by atoms with E-state index in [0.29, 0.717) is 17.5 Å². The van der Waals surface area contributed by atoms with Crippen LogP contribution in [0.5, 0.6) is 0 Å². The molecule has 0 spiro atoms. The van der Waals surface area contributed by atoms with E-state index in [1.807, 2.05) is 6.07 Å². The zero-order valence-corrected chi connectivity index (χ0v) is 21.8. The molecule has 4 heterocycles. The Labute approximate surface area is 225 Å². The van der Waals surface area contributed by atoms with Crippen LogP contribution in [0.4, 0.5) is 21.6 Å². The molecule has 0 radical (unpaired) electrons. The normalized spacial score (nSPS) is 23.3. The number of hydrogen-bond acceptors (Lipinski definition) is 8. The maximum Gasteiger partial charge on any atom is 0.276 e. The molecule has 3 aromatic heterocycles. The quantitative estimate of drug-likeness (QED) is 0.297. The van der Waals surface area contributed by atoms with Crippen LogP contribution in [0, 0.1) is 5.82 Å². The minimum Gasteiger partial charge on any atom is -0.379 e. The maximum absolute atomic E-state index is 14.1. The Balaban J connectivity index is 1.14. The summed E-state index contributed by atoms with van der Waals surface area (Å²) >= 11 is 0. The predicted molar refractivity (Wildman–Crippen MR) is 145 cm³/mol. The molecular weight excluding hydrogens is 501 g/mol. The van der Waals surface area contributed by atoms with Gasteiger partial charge in [-0.1, -0.05) is 6.42 Å². The molecule has 6 rings (SSSR count). The summed E-state index contributed by atoms with van der Waals surface area (Å²) in [6, 6.07) is 4.02. The van der Waals surface area contributed by atoms with E-state index in [1.165, 1.54) is 23.0 Å². The number of halogens is 1. The zero-order chi connectivity index (χ0) is 26.8. The fraction of sp³-hybridized carbons (Fsp3) is 0.519. The molecule has 11 nitrogen and oxygen atoms in total. The van der Waals surface area contributed by atoms with Crippen molar-refractivity contribution in [3.63, 3.8) is 0 Å². The first-order valence-electron chi connectivity index (χ1n) is 13.9. The van der Waals surface area contributed by atoms with Gasteiger partial charge in [0.2, 0.25) is 5.91 Å². The van der Waals surface area contributed by atoms with E-state index in [1.54, 1.807) is 0 Å². The number of amides is 2. The smallest absolute Gasteiger partial charge is 0.276 e. The highest BCUT2D eigenvalue weighted by Gasteiger charge is 2.28. The highest BCUT2D eigenvalue weighted by molar-refractivity contribution is 6.03. The molecule has 1 saturated heterocycles. The van der Waals surface area contributed by atoms with Crippen molar-refractivity contribution in [3.8, 4) is 0 Å². The molecule has 2 saturated carbocycles. The zero-order valence-electron chi connectivity index (χ0n) is 21.8. The molecule has 3 aliphatic rings. The highest BCUT2D eigenvalue weighted by Crippen LogP contribution is 2.30. The average Bonchev–Trinajstić information content (AvgIpc) is 3.66. The van der Waals surface area contributed by atoms with E-state index in [9.17, 15) is 14.0 Å². The van der Waals surface area contributed by atoms with Gasteiger partial charge in [-0.25, -0.2) is 13.9 Å². The number of aromatic nitrogens is 4. The van der Waals surface area contributed by atoms with Crippen LogP contribution in [0.1, 0.15) is 68.3 Å². The number of rotatable bonds is 8. The molecule has 206 valence electrons. The number of fused-ring (bicyclic) bond motifs is 1. The number of nitrogens with one attached hydrogen (secondary N) is 5. The molecule has 2 aliphatic carbocycles. The summed E-state index contributed by atoms with van der Waals surface area (Å²) in [5, 5.41) is 20.9. The van der Waals surface area contributed by atoms with Gasteiger partial charge in [0.25, 0.3) is 5.91 Å². The third-order valence-electron chi connectivity index (χ3n) is 7.71. The molecule has 0 bridgehead atoms. The van der Waals surface area contributed by atoms with Gasteiger partial charge in [-0.15, -0.1) is 5.10 Å². The van der Waals surface area contributed by atoms with Gasteiger partial charge in [0.1, 0.15) is 5.82 Å². The molecule has 0 unspecified atom stereocenters. The third kappa shape index (κ3) is 5.95. The second kappa shape index (κ2) is 11.1. The van der Waals surface area contributed by atoms with Gasteiger partial charge in [0.15, 0.2) is 17.2 Å². The second-order valence-electron chi connectivity index (χ2n) is 10.8. The van der Waals surface area contributed by atoms with Gasteiger partial charge in [-0.3, -0.25) is 14.6 Å². The monoisotopic (exact) mass is 535 g/mol. The van der Waals surface area contributed by atoms with Crippen LogP contribution >= 0.6 is 0 Å². The lowest BCUT2D eigenvalue weighted by molar-refractivity contribution is -0.124. The van der Waals surface area contributed by atoms with Gasteiger partial charge in [0.05, 0.1) is 29.8 Å². The fourth-order valence-electron chi connectivity index (χ4n) is 5.38. The molecular formula is C27H34FN9O2. The Hall–Kier alpha value is -3.80. The van der Waals surface area contributed by atoms with E-state index in [2.05, 4.69) is 41.7 Å². The minimum atomic E-state index is -0.618. The van der Waals surface area contributed by atoms with Crippen LogP contribution in [-0.4, -0.2) is 62.1 Å². The van der Waals surface area contributed by atoms with Crippen molar-refractivity contribution < 1.29 is 14.0 Å². The first-order valence-corrected chi connectivity index (χ1v) is 13.9.